The predicted molar refractivity (Wildman–Crippen MR) is 184 cm³/mol. The average Bonchev–Trinajstić information content (AvgIpc) is 2.98. The summed E-state index contributed by atoms with van der Waals surface area (Å²) in [5.74, 6) is -0.211. The van der Waals surface area contributed by atoms with E-state index in [-0.39, 0.29) is 39.1 Å². The van der Waals surface area contributed by atoms with Gasteiger partial charge in [0.2, 0.25) is 0 Å². The van der Waals surface area contributed by atoms with E-state index in [1.165, 1.54) is 11.6 Å². The van der Waals surface area contributed by atoms with Crippen LogP contribution in [0.1, 0.15) is 112 Å². The van der Waals surface area contributed by atoms with E-state index in [1.54, 1.807) is 19.2 Å². The van der Waals surface area contributed by atoms with Gasteiger partial charge >= 0.3 is 11.9 Å². The fourth-order valence-corrected chi connectivity index (χ4v) is 11.7. The maximum atomic E-state index is 12.8. The van der Waals surface area contributed by atoms with Crippen molar-refractivity contribution in [3.63, 3.8) is 0 Å². The van der Waals surface area contributed by atoms with Crippen molar-refractivity contribution in [3.05, 3.63) is 47.6 Å². The molecule has 1 aromatic carbocycles. The lowest BCUT2D eigenvalue weighted by molar-refractivity contribution is -0.218. The number of fused-ring (bicyclic) bond motifs is 7. The Labute approximate surface area is 281 Å². The Kier molecular flexibility index (Phi) is 9.14. The van der Waals surface area contributed by atoms with Gasteiger partial charge in [0.25, 0.3) is 0 Å². The van der Waals surface area contributed by atoms with Gasteiger partial charge in [-0.15, -0.1) is 0 Å². The molecule has 5 aliphatic carbocycles. The smallest absolute Gasteiger partial charge is 0.328 e. The van der Waals surface area contributed by atoms with E-state index >= 15 is 0 Å². The Morgan fingerprint density at radius 3 is 2.17 bits per heavy atom. The van der Waals surface area contributed by atoms with E-state index in [2.05, 4.69) is 54.5 Å². The molecule has 0 saturated heterocycles. The van der Waals surface area contributed by atoms with Crippen LogP contribution in [0.4, 0.5) is 0 Å². The van der Waals surface area contributed by atoms with E-state index in [1.807, 2.05) is 12.1 Å². The predicted octanol–water partition coefficient (Wildman–Crippen LogP) is 8.00. The Morgan fingerprint density at radius 1 is 0.851 bits per heavy atom. The molecule has 7 nitrogen and oxygen atoms in total. The van der Waals surface area contributed by atoms with Gasteiger partial charge in [-0.05, 0) is 115 Å². The molecule has 47 heavy (non-hydrogen) atoms. The first-order valence-corrected chi connectivity index (χ1v) is 17.6. The highest BCUT2D eigenvalue weighted by molar-refractivity contribution is 5.85. The van der Waals surface area contributed by atoms with E-state index in [4.69, 9.17) is 9.84 Å². The Hall–Kier alpha value is -2.64. The van der Waals surface area contributed by atoms with Gasteiger partial charge in [-0.2, -0.15) is 0 Å². The first-order chi connectivity index (χ1) is 21.8. The third-order valence-corrected chi connectivity index (χ3v) is 14.6. The topological polar surface area (TPSA) is 124 Å². The van der Waals surface area contributed by atoms with Crippen LogP contribution in [0.3, 0.4) is 0 Å². The number of aliphatic hydroxyl groups is 2. The van der Waals surface area contributed by atoms with Crippen LogP contribution in [0.2, 0.25) is 0 Å². The van der Waals surface area contributed by atoms with Gasteiger partial charge in [-0.25, -0.2) is 4.79 Å². The molecule has 9 unspecified atom stereocenters. The third kappa shape index (κ3) is 5.48. The third-order valence-electron chi connectivity index (χ3n) is 14.6. The zero-order valence-electron chi connectivity index (χ0n) is 29.8. The molecule has 0 aliphatic heterocycles. The number of benzene rings is 1. The fraction of sp³-hybridized carbons (Fsp3) is 0.700. The standard InChI is InChI=1S/C30H48O4.C10H10O3/c1-25(2)14-15-30(24(33)34)19(16-25)18-8-9-21-27(5)12-11-22(31)26(3,4)20(27)10-13-28(21,6)29(18,7)17-23(30)32;1-13-9-5-3-2-4-8(9)6-7-10(11)12/h8,19-23,31-32H,9-17H2,1-7H3,(H,33,34);2-7H,1H3,(H,11,12). The number of carbonyl (C=O) groups is 2. The summed E-state index contributed by atoms with van der Waals surface area (Å²) in [6, 6.07) is 7.22. The molecule has 0 radical (unpaired) electrons. The zero-order valence-corrected chi connectivity index (χ0v) is 29.8. The number of hydrogen-bond acceptors (Lipinski definition) is 5. The summed E-state index contributed by atoms with van der Waals surface area (Å²) in [6.07, 6.45) is 11.9. The number of ether oxygens (including phenoxy) is 1. The monoisotopic (exact) mass is 650 g/mol. The molecule has 0 heterocycles. The molecule has 5 aliphatic rings. The molecule has 4 fully saturated rings. The first kappa shape index (κ1) is 35.7. The molecule has 4 N–H and O–H groups in total. The van der Waals surface area contributed by atoms with Crippen molar-refractivity contribution in [3.8, 4) is 5.75 Å². The number of carboxylic acids is 2. The number of para-hydroxylation sites is 1. The van der Waals surface area contributed by atoms with E-state index < -0.39 is 23.5 Å². The fourth-order valence-electron chi connectivity index (χ4n) is 11.7. The van der Waals surface area contributed by atoms with Crippen LogP contribution < -0.4 is 4.74 Å². The van der Waals surface area contributed by atoms with E-state index in [0.717, 1.165) is 56.6 Å². The Morgan fingerprint density at radius 2 is 1.53 bits per heavy atom. The van der Waals surface area contributed by atoms with Crippen molar-refractivity contribution in [1.82, 2.24) is 0 Å². The molecule has 6 rings (SSSR count). The lowest BCUT2D eigenvalue weighted by Crippen LogP contribution is -2.67. The van der Waals surface area contributed by atoms with Crippen molar-refractivity contribution in [2.75, 3.05) is 7.11 Å². The highest BCUT2D eigenvalue weighted by atomic mass is 16.5. The van der Waals surface area contributed by atoms with Crippen LogP contribution in [-0.4, -0.2) is 51.7 Å². The van der Waals surface area contributed by atoms with Gasteiger partial charge in [0, 0.05) is 11.6 Å². The molecule has 0 amide bonds. The lowest BCUT2D eigenvalue weighted by Gasteiger charge is -2.71. The molecule has 4 saturated carbocycles. The number of carboxylic acid groups (broad SMARTS) is 2. The van der Waals surface area contributed by atoms with Gasteiger partial charge in [-0.3, -0.25) is 4.79 Å². The molecule has 260 valence electrons. The highest BCUT2D eigenvalue weighted by Gasteiger charge is 2.71. The average molecular weight is 651 g/mol. The van der Waals surface area contributed by atoms with Gasteiger partial charge in [0.05, 0.1) is 19.3 Å². The summed E-state index contributed by atoms with van der Waals surface area (Å²) in [5, 5.41) is 41.5. The Bertz CT molecular complexity index is 1440. The largest absolute Gasteiger partial charge is 0.496 e. The summed E-state index contributed by atoms with van der Waals surface area (Å²) >= 11 is 0. The minimum Gasteiger partial charge on any atom is -0.496 e. The molecule has 0 spiro atoms. The number of allylic oxidation sites excluding steroid dienone is 2. The van der Waals surface area contributed by atoms with Crippen molar-refractivity contribution in [2.45, 2.75) is 118 Å². The van der Waals surface area contributed by atoms with Crippen molar-refractivity contribution in [1.29, 1.82) is 0 Å². The van der Waals surface area contributed by atoms with Crippen LogP contribution in [0, 0.1) is 50.2 Å². The molecule has 1 aromatic rings. The Balaban J connectivity index is 0.000000281. The minimum absolute atomic E-state index is 0.0218. The second-order valence-corrected chi connectivity index (χ2v) is 17.6. The summed E-state index contributed by atoms with van der Waals surface area (Å²) < 4.78 is 5.03. The van der Waals surface area contributed by atoms with E-state index in [9.17, 15) is 24.9 Å². The van der Waals surface area contributed by atoms with Crippen molar-refractivity contribution < 1.29 is 34.8 Å². The maximum Gasteiger partial charge on any atom is 0.328 e. The van der Waals surface area contributed by atoms with Crippen LogP contribution in [0.15, 0.2) is 42.0 Å². The number of aliphatic carboxylic acids is 2. The molecule has 0 aromatic heterocycles. The van der Waals surface area contributed by atoms with Crippen molar-refractivity contribution >= 4 is 18.0 Å². The first-order valence-electron chi connectivity index (χ1n) is 17.6. The van der Waals surface area contributed by atoms with E-state index in [0.29, 0.717) is 30.4 Å². The zero-order chi connectivity index (χ0) is 34.8. The minimum atomic E-state index is -1.04. The normalized spacial score (nSPS) is 41.5. The summed E-state index contributed by atoms with van der Waals surface area (Å²) in [4.78, 5) is 23.0. The van der Waals surface area contributed by atoms with Gasteiger partial charge in [0.1, 0.15) is 11.2 Å². The highest BCUT2D eigenvalue weighted by Crippen LogP contribution is 2.75. The number of rotatable bonds is 4. The van der Waals surface area contributed by atoms with Crippen molar-refractivity contribution in [2.24, 2.45) is 50.2 Å². The van der Waals surface area contributed by atoms with Crippen LogP contribution in [0.5, 0.6) is 5.75 Å². The molecule has 0 bridgehead atoms. The summed E-state index contributed by atoms with van der Waals surface area (Å²) in [5.41, 5.74) is 1.05. The number of methoxy groups -OCH3 is 1. The van der Waals surface area contributed by atoms with Crippen LogP contribution in [0.25, 0.3) is 6.08 Å². The van der Waals surface area contributed by atoms with Crippen LogP contribution in [-0.2, 0) is 9.59 Å². The van der Waals surface area contributed by atoms with Gasteiger partial charge in [0.15, 0.2) is 0 Å². The van der Waals surface area contributed by atoms with Gasteiger partial charge in [-0.1, -0.05) is 78.3 Å². The SMILES string of the molecule is CC1(C)CCC2(C(=O)O)C(O)CC3(C)C(=CCC4C5(C)CCC(O)C(C)(C)C5CCC43C)C2C1.COc1ccccc1C=CC(=O)O. The summed E-state index contributed by atoms with van der Waals surface area (Å²) in [6.45, 7) is 16.4. The molecular formula is C40H58O7. The molecule has 9 atom stereocenters. The maximum absolute atomic E-state index is 12.8. The second kappa shape index (κ2) is 12.0. The number of hydrogen-bond donors (Lipinski definition) is 4. The molecule has 7 heteroatoms. The lowest BCUT2D eigenvalue weighted by atomic mass is 9.33. The number of aliphatic hydroxyl groups excluding tert-OH is 2. The second-order valence-electron chi connectivity index (χ2n) is 17.6. The van der Waals surface area contributed by atoms with Crippen LogP contribution >= 0.6 is 0 Å². The summed E-state index contributed by atoms with van der Waals surface area (Å²) in [7, 11) is 1.55. The quantitative estimate of drug-likeness (QED) is 0.192. The van der Waals surface area contributed by atoms with Gasteiger partial charge < -0.3 is 25.2 Å². The molecular weight excluding hydrogens is 592 g/mol.